The number of ether oxygens (including phenoxy) is 1. The number of Topliss-reactive ketones (excluding diaryl/α,β-unsaturated/α-hetero) is 1. The molecule has 1 aromatic heterocycles. The Hall–Kier alpha value is -3.21. The van der Waals surface area contributed by atoms with Crippen molar-refractivity contribution in [2.24, 2.45) is 16.6 Å². The number of allylic oxidation sites excluding steroid dienone is 1. The van der Waals surface area contributed by atoms with Crippen LogP contribution in [0.5, 0.6) is 0 Å². The number of rotatable bonds is 8. The molecule has 3 rings (SSSR count). The van der Waals surface area contributed by atoms with Crippen LogP contribution in [-0.2, 0) is 4.74 Å². The molecule has 0 spiro atoms. The first-order valence-corrected chi connectivity index (χ1v) is 10.8. The van der Waals surface area contributed by atoms with Crippen molar-refractivity contribution < 1.29 is 9.53 Å². The van der Waals surface area contributed by atoms with Crippen molar-refractivity contribution in [1.29, 1.82) is 5.26 Å². The molecule has 1 aromatic carbocycles. The average molecular weight is 434 g/mol. The molecule has 0 bridgehead atoms. The molecule has 1 fully saturated rings. The standard InChI is InChI=1S/C25H31N5O2/c1-17(32-4)13-22-25(28-3)24(23(31)16-29-11-9-20(15-27)10-12-29)18(2)30(22)21-7-5-19(14-26)6-8-21/h5-8,13,20H,3,9-12,15-16,27H2,1-2,4H3/b17-13+. The van der Waals surface area contributed by atoms with E-state index in [1.54, 1.807) is 19.2 Å². The van der Waals surface area contributed by atoms with Gasteiger partial charge in [0.25, 0.3) is 0 Å². The van der Waals surface area contributed by atoms with E-state index in [-0.39, 0.29) is 5.78 Å². The number of hydrogen-bond donors (Lipinski definition) is 1. The van der Waals surface area contributed by atoms with E-state index in [9.17, 15) is 4.79 Å². The van der Waals surface area contributed by atoms with Crippen LogP contribution in [0, 0.1) is 24.2 Å². The molecule has 0 saturated carbocycles. The number of carbonyl (C=O) groups is 1. The van der Waals surface area contributed by atoms with Gasteiger partial charge in [-0.05, 0) is 83.2 Å². The molecule has 0 radical (unpaired) electrons. The zero-order valence-corrected chi connectivity index (χ0v) is 19.1. The third kappa shape index (κ3) is 4.82. The van der Waals surface area contributed by atoms with E-state index in [0.717, 1.165) is 43.0 Å². The smallest absolute Gasteiger partial charge is 0.180 e. The van der Waals surface area contributed by atoms with Crippen LogP contribution in [-0.4, -0.2) is 55.3 Å². The number of nitrogens with two attached hydrogens (primary N) is 1. The van der Waals surface area contributed by atoms with Gasteiger partial charge in [-0.15, -0.1) is 0 Å². The van der Waals surface area contributed by atoms with E-state index in [4.69, 9.17) is 15.7 Å². The number of ketones is 1. The summed E-state index contributed by atoms with van der Waals surface area (Å²) >= 11 is 0. The third-order valence-corrected chi connectivity index (χ3v) is 6.18. The predicted octanol–water partition coefficient (Wildman–Crippen LogP) is 3.85. The first kappa shape index (κ1) is 23.5. The molecule has 2 heterocycles. The normalized spacial score (nSPS) is 15.4. The zero-order chi connectivity index (χ0) is 23.3. The number of carbonyl (C=O) groups excluding carboxylic acids is 1. The van der Waals surface area contributed by atoms with Crippen LogP contribution in [0.1, 0.15) is 47.1 Å². The Morgan fingerprint density at radius 1 is 1.34 bits per heavy atom. The summed E-state index contributed by atoms with van der Waals surface area (Å²) in [5.41, 5.74) is 9.84. The molecule has 0 atom stereocenters. The van der Waals surface area contributed by atoms with Crippen molar-refractivity contribution in [2.45, 2.75) is 26.7 Å². The van der Waals surface area contributed by atoms with Gasteiger partial charge >= 0.3 is 0 Å². The van der Waals surface area contributed by atoms with Crippen LogP contribution >= 0.6 is 0 Å². The number of likely N-dealkylation sites (tertiary alicyclic amines) is 1. The summed E-state index contributed by atoms with van der Waals surface area (Å²) in [6, 6.07) is 9.39. The predicted molar refractivity (Wildman–Crippen MR) is 128 cm³/mol. The van der Waals surface area contributed by atoms with Crippen molar-refractivity contribution in [3.05, 3.63) is 52.5 Å². The Balaban J connectivity index is 2.05. The molecular formula is C25H31N5O2. The third-order valence-electron chi connectivity index (χ3n) is 6.18. The molecule has 0 unspecified atom stereocenters. The fraction of sp³-hybridized carbons (Fsp3) is 0.400. The molecule has 1 saturated heterocycles. The summed E-state index contributed by atoms with van der Waals surface area (Å²) in [4.78, 5) is 19.9. The fourth-order valence-electron chi connectivity index (χ4n) is 4.26. The second-order valence-corrected chi connectivity index (χ2v) is 8.18. The minimum absolute atomic E-state index is 0.0215. The Morgan fingerprint density at radius 3 is 2.53 bits per heavy atom. The summed E-state index contributed by atoms with van der Waals surface area (Å²) in [6.07, 6.45) is 3.89. The van der Waals surface area contributed by atoms with Gasteiger partial charge in [-0.25, -0.2) is 0 Å². The van der Waals surface area contributed by atoms with Gasteiger partial charge in [0.1, 0.15) is 0 Å². The topological polar surface area (TPSA) is 96.6 Å². The van der Waals surface area contributed by atoms with Gasteiger partial charge in [0.2, 0.25) is 0 Å². The number of aliphatic imine (C=N–C) groups is 1. The first-order valence-electron chi connectivity index (χ1n) is 10.8. The number of nitriles is 1. The Labute approximate surface area is 189 Å². The van der Waals surface area contributed by atoms with Crippen LogP contribution < -0.4 is 5.73 Å². The van der Waals surface area contributed by atoms with E-state index in [0.29, 0.717) is 41.6 Å². The second-order valence-electron chi connectivity index (χ2n) is 8.18. The average Bonchev–Trinajstić information content (AvgIpc) is 3.10. The molecule has 2 aromatic rings. The Morgan fingerprint density at radius 2 is 2.00 bits per heavy atom. The number of aromatic nitrogens is 1. The van der Waals surface area contributed by atoms with E-state index >= 15 is 0 Å². The molecule has 7 nitrogen and oxygen atoms in total. The molecule has 7 heteroatoms. The molecule has 1 aliphatic heterocycles. The van der Waals surface area contributed by atoms with Crippen LogP contribution in [0.4, 0.5) is 5.69 Å². The largest absolute Gasteiger partial charge is 0.501 e. The number of nitrogens with zero attached hydrogens (tertiary/aromatic N) is 4. The highest BCUT2D eigenvalue weighted by atomic mass is 16.5. The van der Waals surface area contributed by atoms with Crippen LogP contribution in [0.25, 0.3) is 11.8 Å². The van der Waals surface area contributed by atoms with Gasteiger partial charge in [-0.3, -0.25) is 14.7 Å². The molecule has 32 heavy (non-hydrogen) atoms. The van der Waals surface area contributed by atoms with Crippen LogP contribution in [0.2, 0.25) is 0 Å². The van der Waals surface area contributed by atoms with Crippen LogP contribution in [0.3, 0.4) is 0 Å². The van der Waals surface area contributed by atoms with Crippen molar-refractivity contribution in [1.82, 2.24) is 9.47 Å². The molecule has 1 aliphatic rings. The van der Waals surface area contributed by atoms with Crippen molar-refractivity contribution in [3.8, 4) is 11.8 Å². The maximum absolute atomic E-state index is 13.5. The van der Waals surface area contributed by atoms with Crippen molar-refractivity contribution >= 4 is 24.3 Å². The Kier molecular flexibility index (Phi) is 7.62. The van der Waals surface area contributed by atoms with Crippen molar-refractivity contribution in [2.75, 3.05) is 33.3 Å². The van der Waals surface area contributed by atoms with Gasteiger partial charge < -0.3 is 15.0 Å². The lowest BCUT2D eigenvalue weighted by atomic mass is 9.96. The maximum Gasteiger partial charge on any atom is 0.180 e. The van der Waals surface area contributed by atoms with Crippen molar-refractivity contribution in [3.63, 3.8) is 0 Å². The quantitative estimate of drug-likeness (QED) is 0.387. The molecule has 0 aliphatic carbocycles. The van der Waals surface area contributed by atoms with E-state index < -0.39 is 0 Å². The summed E-state index contributed by atoms with van der Waals surface area (Å²) in [5, 5.41) is 9.14. The summed E-state index contributed by atoms with van der Waals surface area (Å²) in [5.74, 6) is 1.25. The molecule has 168 valence electrons. The molecule has 0 amide bonds. The molecule has 2 N–H and O–H groups in total. The highest BCUT2D eigenvalue weighted by molar-refractivity contribution is 6.05. The van der Waals surface area contributed by atoms with E-state index in [1.165, 1.54) is 0 Å². The number of benzene rings is 1. The van der Waals surface area contributed by atoms with E-state index in [2.05, 4.69) is 22.7 Å². The SMILES string of the molecule is C=Nc1c(C(=O)CN2CCC(CN)CC2)c(C)n(-c2ccc(C#N)cc2)c1/C=C(\C)OC. The summed E-state index contributed by atoms with van der Waals surface area (Å²) < 4.78 is 7.35. The highest BCUT2D eigenvalue weighted by Crippen LogP contribution is 2.35. The second kappa shape index (κ2) is 10.4. The van der Waals surface area contributed by atoms with Gasteiger partial charge in [-0.2, -0.15) is 5.26 Å². The lowest BCUT2D eigenvalue weighted by molar-refractivity contribution is 0.0898. The lowest BCUT2D eigenvalue weighted by Gasteiger charge is -2.30. The summed E-state index contributed by atoms with van der Waals surface area (Å²) in [6.45, 7) is 10.3. The maximum atomic E-state index is 13.5. The minimum Gasteiger partial charge on any atom is -0.501 e. The van der Waals surface area contributed by atoms with Gasteiger partial charge in [0.15, 0.2) is 5.78 Å². The zero-order valence-electron chi connectivity index (χ0n) is 19.1. The fourth-order valence-corrected chi connectivity index (χ4v) is 4.26. The lowest BCUT2D eigenvalue weighted by Crippen LogP contribution is -2.39. The molecular weight excluding hydrogens is 402 g/mol. The number of hydrogen-bond acceptors (Lipinski definition) is 6. The minimum atomic E-state index is 0.0215. The monoisotopic (exact) mass is 433 g/mol. The number of piperidine rings is 1. The van der Waals surface area contributed by atoms with Gasteiger partial charge in [-0.1, -0.05) is 0 Å². The summed E-state index contributed by atoms with van der Waals surface area (Å²) in [7, 11) is 1.60. The Bertz CT molecular complexity index is 1050. The van der Waals surface area contributed by atoms with E-state index in [1.807, 2.05) is 36.6 Å². The number of methoxy groups -OCH3 is 1. The van der Waals surface area contributed by atoms with Crippen LogP contribution in [0.15, 0.2) is 35.0 Å². The van der Waals surface area contributed by atoms with Gasteiger partial charge in [0.05, 0.1) is 48.0 Å². The van der Waals surface area contributed by atoms with Gasteiger partial charge in [0, 0.05) is 17.5 Å². The first-order chi connectivity index (χ1) is 15.4. The highest BCUT2D eigenvalue weighted by Gasteiger charge is 2.27.